The number of amides is 1. The predicted octanol–water partition coefficient (Wildman–Crippen LogP) is 2.25. The number of anilines is 3. The molecular formula is C25H24FN7O3. The maximum atomic E-state index is 13.8. The van der Waals surface area contributed by atoms with Gasteiger partial charge in [-0.15, -0.1) is 0 Å². The van der Waals surface area contributed by atoms with Crippen LogP contribution in [-0.4, -0.2) is 60.7 Å². The van der Waals surface area contributed by atoms with E-state index in [1.165, 1.54) is 0 Å². The van der Waals surface area contributed by atoms with Crippen LogP contribution in [0.25, 0.3) is 22.3 Å². The Morgan fingerprint density at radius 3 is 2.83 bits per heavy atom. The Morgan fingerprint density at radius 1 is 1.19 bits per heavy atom. The van der Waals surface area contributed by atoms with Crippen molar-refractivity contribution in [1.29, 1.82) is 0 Å². The third-order valence-electron chi connectivity index (χ3n) is 6.87. The van der Waals surface area contributed by atoms with Gasteiger partial charge in [-0.3, -0.25) is 9.78 Å². The van der Waals surface area contributed by atoms with Crippen LogP contribution in [0.5, 0.6) is 0 Å². The minimum absolute atomic E-state index is 0.0375. The topological polar surface area (TPSA) is 128 Å². The molecule has 0 saturated carbocycles. The summed E-state index contributed by atoms with van der Waals surface area (Å²) in [6, 6.07) is 7.42. The summed E-state index contributed by atoms with van der Waals surface area (Å²) < 4.78 is 15.8. The number of nitrogens with one attached hydrogen (secondary N) is 2. The second-order valence-corrected chi connectivity index (χ2v) is 9.14. The number of rotatable bonds is 4. The van der Waals surface area contributed by atoms with Gasteiger partial charge in [-0.2, -0.15) is 0 Å². The normalized spacial score (nSPS) is 21.5. The number of aliphatic hydroxyl groups is 2. The van der Waals surface area contributed by atoms with Crippen LogP contribution >= 0.6 is 0 Å². The van der Waals surface area contributed by atoms with Gasteiger partial charge in [0.05, 0.1) is 35.0 Å². The van der Waals surface area contributed by atoms with E-state index in [-0.39, 0.29) is 25.4 Å². The maximum Gasteiger partial charge on any atom is 0.254 e. The molecule has 4 N–H and O–H groups in total. The molecule has 4 aromatic rings. The van der Waals surface area contributed by atoms with E-state index in [0.717, 1.165) is 27.9 Å². The van der Waals surface area contributed by atoms with E-state index in [4.69, 9.17) is 4.98 Å². The smallest absolute Gasteiger partial charge is 0.254 e. The van der Waals surface area contributed by atoms with Crippen LogP contribution in [0.2, 0.25) is 0 Å². The zero-order chi connectivity index (χ0) is 25.0. The Balaban J connectivity index is 1.29. The fourth-order valence-electron chi connectivity index (χ4n) is 4.86. The van der Waals surface area contributed by atoms with Gasteiger partial charge < -0.3 is 30.3 Å². The number of halogens is 1. The fraction of sp³-hybridized carbons (Fsp3) is 0.280. The van der Waals surface area contributed by atoms with E-state index in [2.05, 4.69) is 20.6 Å². The number of carbonyl (C=O) groups is 1. The van der Waals surface area contributed by atoms with Crippen LogP contribution in [0.4, 0.5) is 21.6 Å². The van der Waals surface area contributed by atoms with Crippen molar-refractivity contribution in [2.24, 2.45) is 7.05 Å². The average molecular weight is 490 g/mol. The summed E-state index contributed by atoms with van der Waals surface area (Å²) in [6.45, 7) is 0.582. The second kappa shape index (κ2) is 8.25. The highest BCUT2D eigenvalue weighted by Gasteiger charge is 2.41. The predicted molar refractivity (Wildman–Crippen MR) is 132 cm³/mol. The van der Waals surface area contributed by atoms with Crippen LogP contribution in [0, 0.1) is 0 Å². The molecule has 0 spiro atoms. The third-order valence-corrected chi connectivity index (χ3v) is 6.87. The molecular weight excluding hydrogens is 465 g/mol. The lowest BCUT2D eigenvalue weighted by Gasteiger charge is -2.38. The molecule has 2 aliphatic heterocycles. The number of hydrogen-bond donors (Lipinski definition) is 4. The number of piperidine rings is 1. The Morgan fingerprint density at radius 2 is 2.06 bits per heavy atom. The maximum absolute atomic E-state index is 13.8. The van der Waals surface area contributed by atoms with Crippen molar-refractivity contribution in [1.82, 2.24) is 24.8 Å². The summed E-state index contributed by atoms with van der Waals surface area (Å²) in [5.41, 5.74) is 5.03. The molecule has 1 saturated heterocycles. The summed E-state index contributed by atoms with van der Waals surface area (Å²) in [5.74, 6) is -2.26. The molecule has 0 unspecified atom stereocenters. The molecule has 1 amide bonds. The number of hydrogen-bond acceptors (Lipinski definition) is 8. The van der Waals surface area contributed by atoms with Crippen molar-refractivity contribution in [3.05, 3.63) is 60.2 Å². The van der Waals surface area contributed by atoms with Gasteiger partial charge in [0.1, 0.15) is 17.6 Å². The third kappa shape index (κ3) is 3.64. The average Bonchev–Trinajstić information content (AvgIpc) is 3.45. The van der Waals surface area contributed by atoms with Gasteiger partial charge in [-0.05, 0) is 24.3 Å². The van der Waals surface area contributed by atoms with Gasteiger partial charge in [0.25, 0.3) is 5.91 Å². The van der Waals surface area contributed by atoms with Crippen molar-refractivity contribution in [2.45, 2.75) is 24.9 Å². The summed E-state index contributed by atoms with van der Waals surface area (Å²) in [7, 11) is 1.93. The first-order valence-corrected chi connectivity index (χ1v) is 11.6. The van der Waals surface area contributed by atoms with Crippen LogP contribution < -0.4 is 15.5 Å². The monoisotopic (exact) mass is 489 g/mol. The van der Waals surface area contributed by atoms with Crippen molar-refractivity contribution in [2.75, 3.05) is 23.3 Å². The Bertz CT molecular complexity index is 1490. The Labute approximate surface area is 205 Å². The van der Waals surface area contributed by atoms with Crippen LogP contribution in [0.15, 0.2) is 49.1 Å². The second-order valence-electron chi connectivity index (χ2n) is 9.14. The van der Waals surface area contributed by atoms with Gasteiger partial charge in [-0.1, -0.05) is 0 Å². The van der Waals surface area contributed by atoms with E-state index < -0.39 is 12.0 Å². The molecule has 6 heterocycles. The number of fused-ring (bicyclic) bond motifs is 2. The highest BCUT2D eigenvalue weighted by atomic mass is 19.2. The lowest BCUT2D eigenvalue weighted by Crippen LogP contribution is -2.53. The number of aliphatic hydroxyl groups excluding tert-OH is 1. The quantitative estimate of drug-likeness (QED) is 0.344. The first-order valence-electron chi connectivity index (χ1n) is 11.6. The molecule has 0 radical (unpaired) electrons. The minimum Gasteiger partial charge on any atom is -0.385 e. The van der Waals surface area contributed by atoms with Crippen LogP contribution in [0.1, 0.15) is 22.3 Å². The molecule has 2 aliphatic rings. The summed E-state index contributed by atoms with van der Waals surface area (Å²) in [5, 5.41) is 26.4. The minimum atomic E-state index is -2.58. The molecule has 1 fully saturated rings. The van der Waals surface area contributed by atoms with Crippen molar-refractivity contribution >= 4 is 34.1 Å². The SMILES string of the molecule is Cn1ccc2c(-c3ncc(Nc4ccc(N5CC[C@@](O)(F)[C@H](O)C5)cn4)c4c3CNC4=O)ccnc21. The number of carbonyl (C=O) groups excluding carboxylic acids is 1. The number of aryl methyl sites for hydroxylation is 1. The van der Waals surface area contributed by atoms with E-state index in [1.54, 1.807) is 35.6 Å². The zero-order valence-corrected chi connectivity index (χ0v) is 19.4. The molecule has 10 nitrogen and oxygen atoms in total. The molecule has 2 atom stereocenters. The lowest BCUT2D eigenvalue weighted by molar-refractivity contribution is -0.177. The van der Waals surface area contributed by atoms with Crippen molar-refractivity contribution in [3.63, 3.8) is 0 Å². The first kappa shape index (κ1) is 22.4. The summed E-state index contributed by atoms with van der Waals surface area (Å²) >= 11 is 0. The molecule has 6 rings (SSSR count). The number of aromatic nitrogens is 4. The molecule has 0 aliphatic carbocycles. The highest BCUT2D eigenvalue weighted by Crippen LogP contribution is 2.36. The highest BCUT2D eigenvalue weighted by molar-refractivity contribution is 6.06. The first-order chi connectivity index (χ1) is 17.3. The zero-order valence-electron chi connectivity index (χ0n) is 19.4. The molecule has 4 aromatic heterocycles. The van der Waals surface area contributed by atoms with Crippen LogP contribution in [0.3, 0.4) is 0 Å². The summed E-state index contributed by atoms with van der Waals surface area (Å²) in [4.78, 5) is 28.1. The van der Waals surface area contributed by atoms with Crippen molar-refractivity contribution in [3.8, 4) is 11.3 Å². The fourth-order valence-corrected chi connectivity index (χ4v) is 4.86. The van der Waals surface area contributed by atoms with E-state index in [9.17, 15) is 19.4 Å². The van der Waals surface area contributed by atoms with Gasteiger partial charge in [0.15, 0.2) is 0 Å². The van der Waals surface area contributed by atoms with E-state index >= 15 is 0 Å². The lowest BCUT2D eigenvalue weighted by atomic mass is 10.0. The van der Waals surface area contributed by atoms with Crippen molar-refractivity contribution < 1.29 is 19.4 Å². The molecule has 0 bridgehead atoms. The van der Waals surface area contributed by atoms with Gasteiger partial charge in [-0.25, -0.2) is 14.4 Å². The van der Waals surface area contributed by atoms with Gasteiger partial charge >= 0.3 is 0 Å². The van der Waals surface area contributed by atoms with E-state index in [0.29, 0.717) is 29.3 Å². The van der Waals surface area contributed by atoms with Gasteiger partial charge in [0.2, 0.25) is 5.85 Å². The van der Waals surface area contributed by atoms with Crippen LogP contribution in [-0.2, 0) is 13.6 Å². The number of pyridine rings is 3. The van der Waals surface area contributed by atoms with E-state index in [1.807, 2.05) is 29.9 Å². The Hall–Kier alpha value is -4.09. The molecule has 36 heavy (non-hydrogen) atoms. The molecule has 0 aromatic carbocycles. The Kier molecular flexibility index (Phi) is 5.13. The number of nitrogens with zero attached hydrogens (tertiary/aromatic N) is 5. The molecule has 11 heteroatoms. The molecule has 184 valence electrons. The van der Waals surface area contributed by atoms with Gasteiger partial charge in [0, 0.05) is 62.0 Å². The standard InChI is InChI=1S/C25H24FN7O3/c1-32-8-5-16-15(4-7-27-23(16)32)22-17-11-30-24(35)21(17)18(12-29-22)31-20-3-2-14(10-28-20)33-9-6-25(26,36)19(34)13-33/h2-5,7-8,10,12,19,34,36H,6,9,11,13H2,1H3,(H,28,31)(H,30,35)/t19-,25+/m1/s1. The number of β-amino-alcohol motifs (C(OH)–C–C–N with tert-alkyl or cyclic N) is 1. The largest absolute Gasteiger partial charge is 0.385 e. The summed E-state index contributed by atoms with van der Waals surface area (Å²) in [6.07, 6.45) is 5.23. The number of alkyl halides is 1.